The zero-order valence-electron chi connectivity index (χ0n) is 13.7. The molecule has 0 bridgehead atoms. The summed E-state index contributed by atoms with van der Waals surface area (Å²) in [6.07, 6.45) is 4.34. The zero-order chi connectivity index (χ0) is 16.9. The second-order valence-corrected chi connectivity index (χ2v) is 6.44. The lowest BCUT2D eigenvalue weighted by atomic mass is 10.2. The van der Waals surface area contributed by atoms with Crippen LogP contribution in [0.25, 0.3) is 0 Å². The summed E-state index contributed by atoms with van der Waals surface area (Å²) in [4.78, 5) is 37.7. The maximum absolute atomic E-state index is 12.2. The minimum atomic E-state index is -0.230. The van der Waals surface area contributed by atoms with E-state index in [-0.39, 0.29) is 23.6 Å². The van der Waals surface area contributed by atoms with Gasteiger partial charge in [0.1, 0.15) is 0 Å². The molecular formula is C18H23N3O3. The standard InChI is InChI=1S/C18H23N3O3/c22-16(21-10-1-2-11-21)8-9-19-17(23)14-4-3-5-15(12-14)20-18(24)13-6-7-13/h3-5,12-13H,1-2,6-11H2,(H,19,23)(H,20,24). The third-order valence-electron chi connectivity index (χ3n) is 4.42. The van der Waals surface area contributed by atoms with Gasteiger partial charge in [0, 0.05) is 43.2 Å². The maximum Gasteiger partial charge on any atom is 0.251 e. The molecule has 2 fully saturated rings. The second kappa shape index (κ2) is 7.47. The fourth-order valence-corrected chi connectivity index (χ4v) is 2.84. The van der Waals surface area contributed by atoms with E-state index in [0.717, 1.165) is 38.8 Å². The molecule has 1 heterocycles. The molecule has 1 saturated carbocycles. The van der Waals surface area contributed by atoms with Crippen molar-refractivity contribution in [3.05, 3.63) is 29.8 Å². The molecule has 1 aliphatic carbocycles. The van der Waals surface area contributed by atoms with Gasteiger partial charge in [0.15, 0.2) is 0 Å². The highest BCUT2D eigenvalue weighted by molar-refractivity contribution is 5.98. The van der Waals surface area contributed by atoms with Crippen LogP contribution in [0.1, 0.15) is 42.5 Å². The van der Waals surface area contributed by atoms with Crippen molar-refractivity contribution in [1.82, 2.24) is 10.2 Å². The van der Waals surface area contributed by atoms with Crippen molar-refractivity contribution in [2.75, 3.05) is 25.0 Å². The van der Waals surface area contributed by atoms with E-state index < -0.39 is 0 Å². The van der Waals surface area contributed by atoms with Gasteiger partial charge in [-0.1, -0.05) is 6.07 Å². The van der Waals surface area contributed by atoms with Crippen LogP contribution in [0.5, 0.6) is 0 Å². The molecule has 0 radical (unpaired) electrons. The van der Waals surface area contributed by atoms with Crippen LogP contribution in [0, 0.1) is 5.92 Å². The predicted octanol–water partition coefficient (Wildman–Crippen LogP) is 1.78. The van der Waals surface area contributed by atoms with E-state index >= 15 is 0 Å². The first-order chi connectivity index (χ1) is 11.6. The van der Waals surface area contributed by atoms with Gasteiger partial charge in [-0.25, -0.2) is 0 Å². The molecule has 1 saturated heterocycles. The fourth-order valence-electron chi connectivity index (χ4n) is 2.84. The lowest BCUT2D eigenvalue weighted by Crippen LogP contribution is -2.32. The van der Waals surface area contributed by atoms with Crippen molar-refractivity contribution in [3.8, 4) is 0 Å². The summed E-state index contributed by atoms with van der Waals surface area (Å²) in [5.41, 5.74) is 1.12. The van der Waals surface area contributed by atoms with Gasteiger partial charge in [0.05, 0.1) is 0 Å². The van der Waals surface area contributed by atoms with E-state index in [1.807, 2.05) is 4.90 Å². The smallest absolute Gasteiger partial charge is 0.251 e. The number of carbonyl (C=O) groups is 3. The van der Waals surface area contributed by atoms with E-state index in [0.29, 0.717) is 24.2 Å². The number of benzene rings is 1. The Hall–Kier alpha value is -2.37. The summed E-state index contributed by atoms with van der Waals surface area (Å²) in [6, 6.07) is 6.88. The molecule has 1 aliphatic heterocycles. The lowest BCUT2D eigenvalue weighted by Gasteiger charge is -2.15. The first-order valence-electron chi connectivity index (χ1n) is 8.60. The van der Waals surface area contributed by atoms with Crippen LogP contribution in [-0.4, -0.2) is 42.3 Å². The summed E-state index contributed by atoms with van der Waals surface area (Å²) < 4.78 is 0. The molecule has 1 aromatic rings. The molecule has 3 amide bonds. The molecule has 2 aliphatic rings. The zero-order valence-corrected chi connectivity index (χ0v) is 13.7. The van der Waals surface area contributed by atoms with Gasteiger partial charge in [-0.05, 0) is 43.9 Å². The minimum Gasteiger partial charge on any atom is -0.352 e. The molecular weight excluding hydrogens is 306 g/mol. The number of nitrogens with one attached hydrogen (secondary N) is 2. The predicted molar refractivity (Wildman–Crippen MR) is 90.6 cm³/mol. The Labute approximate surface area is 141 Å². The van der Waals surface area contributed by atoms with Crippen molar-refractivity contribution < 1.29 is 14.4 Å². The van der Waals surface area contributed by atoms with E-state index in [4.69, 9.17) is 0 Å². The Balaban J connectivity index is 1.47. The molecule has 0 atom stereocenters. The van der Waals surface area contributed by atoms with Gasteiger partial charge in [-0.15, -0.1) is 0 Å². The van der Waals surface area contributed by atoms with Crippen molar-refractivity contribution in [2.45, 2.75) is 32.1 Å². The largest absolute Gasteiger partial charge is 0.352 e. The highest BCUT2D eigenvalue weighted by Crippen LogP contribution is 2.30. The molecule has 128 valence electrons. The van der Waals surface area contributed by atoms with Gasteiger partial charge in [0.25, 0.3) is 5.91 Å². The summed E-state index contributed by atoms with van der Waals surface area (Å²) in [6.45, 7) is 1.98. The van der Waals surface area contributed by atoms with Gasteiger partial charge in [0.2, 0.25) is 11.8 Å². The molecule has 3 rings (SSSR count). The Morgan fingerprint density at radius 2 is 1.88 bits per heavy atom. The van der Waals surface area contributed by atoms with Crippen LogP contribution in [-0.2, 0) is 9.59 Å². The maximum atomic E-state index is 12.2. The van der Waals surface area contributed by atoms with Crippen LogP contribution < -0.4 is 10.6 Å². The second-order valence-electron chi connectivity index (χ2n) is 6.44. The van der Waals surface area contributed by atoms with E-state index in [1.54, 1.807) is 24.3 Å². The van der Waals surface area contributed by atoms with Gasteiger partial charge in [-0.3, -0.25) is 14.4 Å². The first kappa shape index (κ1) is 16.5. The van der Waals surface area contributed by atoms with Crippen molar-refractivity contribution in [3.63, 3.8) is 0 Å². The Kier molecular flexibility index (Phi) is 5.13. The van der Waals surface area contributed by atoms with Crippen LogP contribution in [0.4, 0.5) is 5.69 Å². The summed E-state index contributed by atoms with van der Waals surface area (Å²) >= 11 is 0. The molecule has 6 nitrogen and oxygen atoms in total. The summed E-state index contributed by atoms with van der Waals surface area (Å²) in [5.74, 6) is 0.00726. The Morgan fingerprint density at radius 1 is 1.12 bits per heavy atom. The monoisotopic (exact) mass is 329 g/mol. The molecule has 1 aromatic carbocycles. The quantitative estimate of drug-likeness (QED) is 0.835. The normalized spacial score (nSPS) is 16.8. The SMILES string of the molecule is O=C(NCCC(=O)N1CCCC1)c1cccc(NC(=O)C2CC2)c1. The Morgan fingerprint density at radius 3 is 2.58 bits per heavy atom. The van der Waals surface area contributed by atoms with Crippen molar-refractivity contribution >= 4 is 23.4 Å². The molecule has 0 unspecified atom stereocenters. The molecule has 0 aromatic heterocycles. The number of hydrogen-bond acceptors (Lipinski definition) is 3. The average molecular weight is 329 g/mol. The number of anilines is 1. The lowest BCUT2D eigenvalue weighted by molar-refractivity contribution is -0.130. The van der Waals surface area contributed by atoms with Crippen LogP contribution >= 0.6 is 0 Å². The molecule has 2 N–H and O–H groups in total. The highest BCUT2D eigenvalue weighted by Gasteiger charge is 2.29. The van der Waals surface area contributed by atoms with Crippen LogP contribution in [0.3, 0.4) is 0 Å². The minimum absolute atomic E-state index is 0.0174. The summed E-state index contributed by atoms with van der Waals surface area (Å²) in [7, 11) is 0. The molecule has 24 heavy (non-hydrogen) atoms. The van der Waals surface area contributed by atoms with E-state index in [9.17, 15) is 14.4 Å². The van der Waals surface area contributed by atoms with Crippen LogP contribution in [0.2, 0.25) is 0 Å². The number of likely N-dealkylation sites (tertiary alicyclic amines) is 1. The van der Waals surface area contributed by atoms with Gasteiger partial charge >= 0.3 is 0 Å². The molecule has 6 heteroatoms. The van der Waals surface area contributed by atoms with Gasteiger partial charge < -0.3 is 15.5 Å². The van der Waals surface area contributed by atoms with E-state index in [1.165, 1.54) is 0 Å². The Bertz CT molecular complexity index is 634. The van der Waals surface area contributed by atoms with Crippen molar-refractivity contribution in [1.29, 1.82) is 0 Å². The van der Waals surface area contributed by atoms with Crippen molar-refractivity contribution in [2.24, 2.45) is 5.92 Å². The number of amides is 3. The number of rotatable bonds is 6. The summed E-state index contributed by atoms with van der Waals surface area (Å²) in [5, 5.41) is 5.60. The third-order valence-corrected chi connectivity index (χ3v) is 4.42. The first-order valence-corrected chi connectivity index (χ1v) is 8.60. The van der Waals surface area contributed by atoms with Crippen LogP contribution in [0.15, 0.2) is 24.3 Å². The number of hydrogen-bond donors (Lipinski definition) is 2. The van der Waals surface area contributed by atoms with E-state index in [2.05, 4.69) is 10.6 Å². The topological polar surface area (TPSA) is 78.5 Å². The third kappa shape index (κ3) is 4.34. The number of nitrogens with zero attached hydrogens (tertiary/aromatic N) is 1. The highest BCUT2D eigenvalue weighted by atomic mass is 16.2. The number of carbonyl (C=O) groups excluding carboxylic acids is 3. The fraction of sp³-hybridized carbons (Fsp3) is 0.500. The van der Waals surface area contributed by atoms with Gasteiger partial charge in [-0.2, -0.15) is 0 Å². The molecule has 0 spiro atoms. The average Bonchev–Trinajstić information content (AvgIpc) is 3.29.